The number of hydrogen-bond donors (Lipinski definition) is 0. The van der Waals surface area contributed by atoms with Crippen molar-refractivity contribution >= 4 is 22.8 Å². The second-order valence-electron chi connectivity index (χ2n) is 10.8. The van der Waals surface area contributed by atoms with E-state index in [4.69, 9.17) is 9.72 Å². The number of rotatable bonds is 11. The van der Waals surface area contributed by atoms with E-state index in [0.717, 1.165) is 27.9 Å². The van der Waals surface area contributed by atoms with Crippen LogP contribution in [0.2, 0.25) is 0 Å². The van der Waals surface area contributed by atoms with Gasteiger partial charge < -0.3 is 13.9 Å². The second kappa shape index (κ2) is 13.5. The van der Waals surface area contributed by atoms with E-state index in [2.05, 4.69) is 9.97 Å². The SMILES string of the molecule is Cc1cc(-c2cc(F)c(=O)n(Cc3ccc4ncn(C)c4c3)c2)nc(SCCC(OCc2ccccc2F)c2ccccc2)n1. The molecule has 6 aromatic rings. The van der Waals surface area contributed by atoms with Crippen molar-refractivity contribution in [3.63, 3.8) is 0 Å². The molecule has 0 aliphatic carbocycles. The molecule has 228 valence electrons. The number of ether oxygens (including phenoxy) is 1. The van der Waals surface area contributed by atoms with Crippen molar-refractivity contribution in [1.82, 2.24) is 24.1 Å². The smallest absolute Gasteiger partial charge is 0.286 e. The van der Waals surface area contributed by atoms with Gasteiger partial charge in [-0.15, -0.1) is 0 Å². The normalized spacial score (nSPS) is 12.1. The van der Waals surface area contributed by atoms with Crippen LogP contribution in [0.25, 0.3) is 22.3 Å². The van der Waals surface area contributed by atoms with Crippen LogP contribution in [0.1, 0.15) is 34.9 Å². The van der Waals surface area contributed by atoms with Gasteiger partial charge in [0.15, 0.2) is 11.0 Å². The van der Waals surface area contributed by atoms with E-state index >= 15 is 0 Å². The first kappa shape index (κ1) is 30.4. The molecule has 3 heterocycles. The molecule has 0 saturated heterocycles. The summed E-state index contributed by atoms with van der Waals surface area (Å²) >= 11 is 1.46. The standard InChI is InChI=1S/C35H31F2N5O2S/c1-23-16-31(27-18-29(37)34(43)42(20-27)19-24-12-13-30-32(17-24)41(2)22-38-30)40-35(39-23)45-15-14-33(25-8-4-3-5-9-25)44-21-26-10-6-7-11-28(26)36/h3-13,16-18,20,22,33H,14-15,19,21H2,1-2H3. The highest BCUT2D eigenvalue weighted by molar-refractivity contribution is 7.99. The molecule has 0 amide bonds. The quantitative estimate of drug-likeness (QED) is 0.112. The summed E-state index contributed by atoms with van der Waals surface area (Å²) < 4.78 is 38.6. The summed E-state index contributed by atoms with van der Waals surface area (Å²) in [7, 11) is 1.90. The molecule has 1 unspecified atom stereocenters. The summed E-state index contributed by atoms with van der Waals surface area (Å²) in [6, 6.07) is 25.2. The van der Waals surface area contributed by atoms with Crippen LogP contribution < -0.4 is 5.56 Å². The molecule has 7 nitrogen and oxygen atoms in total. The van der Waals surface area contributed by atoms with E-state index in [1.807, 2.05) is 67.1 Å². The Morgan fingerprint density at radius 1 is 0.933 bits per heavy atom. The Bertz CT molecular complexity index is 2010. The molecule has 6 rings (SSSR count). The Balaban J connectivity index is 1.19. The third-order valence-electron chi connectivity index (χ3n) is 7.49. The fourth-order valence-corrected chi connectivity index (χ4v) is 6.04. The molecule has 0 aliphatic rings. The number of halogens is 2. The zero-order chi connectivity index (χ0) is 31.3. The molecule has 0 saturated carbocycles. The lowest BCUT2D eigenvalue weighted by Crippen LogP contribution is -2.23. The van der Waals surface area contributed by atoms with E-state index in [9.17, 15) is 13.6 Å². The maximum atomic E-state index is 14.9. The number of hydrogen-bond acceptors (Lipinski definition) is 6. The van der Waals surface area contributed by atoms with Crippen molar-refractivity contribution < 1.29 is 13.5 Å². The molecule has 0 bridgehead atoms. The predicted molar refractivity (Wildman–Crippen MR) is 172 cm³/mol. The first-order valence-electron chi connectivity index (χ1n) is 14.5. The van der Waals surface area contributed by atoms with Gasteiger partial charge in [-0.05, 0) is 54.8 Å². The molecule has 45 heavy (non-hydrogen) atoms. The van der Waals surface area contributed by atoms with Gasteiger partial charge in [0.2, 0.25) is 0 Å². The van der Waals surface area contributed by atoms with Gasteiger partial charge in [0, 0.05) is 35.8 Å². The summed E-state index contributed by atoms with van der Waals surface area (Å²) in [4.78, 5) is 26.4. The minimum Gasteiger partial charge on any atom is -0.369 e. The van der Waals surface area contributed by atoms with Gasteiger partial charge in [-0.25, -0.2) is 23.7 Å². The number of benzene rings is 3. The number of aryl methyl sites for hydroxylation is 2. The molecule has 0 spiro atoms. The van der Waals surface area contributed by atoms with E-state index in [0.29, 0.717) is 34.2 Å². The van der Waals surface area contributed by atoms with Crippen molar-refractivity contribution in [3.8, 4) is 11.3 Å². The number of pyridine rings is 1. The molecule has 3 aromatic heterocycles. The van der Waals surface area contributed by atoms with Crippen LogP contribution in [0.15, 0.2) is 107 Å². The van der Waals surface area contributed by atoms with Crippen molar-refractivity contribution in [2.45, 2.75) is 37.8 Å². The van der Waals surface area contributed by atoms with Crippen LogP contribution in [0.4, 0.5) is 8.78 Å². The van der Waals surface area contributed by atoms with Crippen molar-refractivity contribution in [1.29, 1.82) is 0 Å². The van der Waals surface area contributed by atoms with Gasteiger partial charge in [-0.1, -0.05) is 66.4 Å². The zero-order valence-electron chi connectivity index (χ0n) is 24.9. The van der Waals surface area contributed by atoms with Crippen molar-refractivity contribution in [2.75, 3.05) is 5.75 Å². The lowest BCUT2D eigenvalue weighted by molar-refractivity contribution is 0.0364. The highest BCUT2D eigenvalue weighted by atomic mass is 32.2. The zero-order valence-corrected chi connectivity index (χ0v) is 25.7. The molecule has 0 radical (unpaired) electrons. The lowest BCUT2D eigenvalue weighted by atomic mass is 10.1. The van der Waals surface area contributed by atoms with Crippen molar-refractivity contribution in [3.05, 3.63) is 142 Å². The monoisotopic (exact) mass is 623 g/mol. The molecule has 0 aliphatic heterocycles. The van der Waals surface area contributed by atoms with Crippen LogP contribution in [0.3, 0.4) is 0 Å². The topological polar surface area (TPSA) is 74.8 Å². The first-order chi connectivity index (χ1) is 21.8. The van der Waals surface area contributed by atoms with Gasteiger partial charge in [-0.2, -0.15) is 0 Å². The second-order valence-corrected chi connectivity index (χ2v) is 11.9. The van der Waals surface area contributed by atoms with E-state index in [1.165, 1.54) is 28.5 Å². The average Bonchev–Trinajstić information content (AvgIpc) is 3.41. The Labute approximate surface area is 263 Å². The molecule has 0 N–H and O–H groups in total. The molecule has 0 fully saturated rings. The maximum Gasteiger partial charge on any atom is 0.286 e. The fraction of sp³-hybridized carbons (Fsp3) is 0.200. The summed E-state index contributed by atoms with van der Waals surface area (Å²) in [6.45, 7) is 2.21. The Morgan fingerprint density at radius 3 is 2.56 bits per heavy atom. The number of thioether (sulfide) groups is 1. The molecule has 10 heteroatoms. The summed E-state index contributed by atoms with van der Waals surface area (Å²) in [5.41, 5.74) is 5.16. The fourth-order valence-electron chi connectivity index (χ4n) is 5.15. The van der Waals surface area contributed by atoms with Crippen LogP contribution in [-0.4, -0.2) is 29.8 Å². The maximum absolute atomic E-state index is 14.9. The van der Waals surface area contributed by atoms with E-state index in [1.54, 1.807) is 36.8 Å². The molecule has 3 aromatic carbocycles. The average molecular weight is 624 g/mol. The van der Waals surface area contributed by atoms with Crippen LogP contribution in [0.5, 0.6) is 0 Å². The summed E-state index contributed by atoms with van der Waals surface area (Å²) in [5.74, 6) is -0.515. The highest BCUT2D eigenvalue weighted by Crippen LogP contribution is 2.28. The van der Waals surface area contributed by atoms with Crippen LogP contribution >= 0.6 is 11.8 Å². The van der Waals surface area contributed by atoms with Gasteiger partial charge in [-0.3, -0.25) is 4.79 Å². The Hall–Kier alpha value is -4.67. The predicted octanol–water partition coefficient (Wildman–Crippen LogP) is 7.27. The first-order valence-corrected chi connectivity index (χ1v) is 15.5. The highest BCUT2D eigenvalue weighted by Gasteiger charge is 2.16. The third kappa shape index (κ3) is 7.19. The van der Waals surface area contributed by atoms with Gasteiger partial charge in [0.25, 0.3) is 5.56 Å². The van der Waals surface area contributed by atoms with Gasteiger partial charge in [0.1, 0.15) is 5.82 Å². The number of aromatic nitrogens is 5. The van der Waals surface area contributed by atoms with E-state index < -0.39 is 11.4 Å². The summed E-state index contributed by atoms with van der Waals surface area (Å²) in [5, 5.41) is 0.533. The Morgan fingerprint density at radius 2 is 1.73 bits per heavy atom. The van der Waals surface area contributed by atoms with Crippen LogP contribution in [-0.2, 0) is 24.9 Å². The largest absolute Gasteiger partial charge is 0.369 e. The lowest BCUT2D eigenvalue weighted by Gasteiger charge is -2.18. The number of nitrogens with zero attached hydrogens (tertiary/aromatic N) is 5. The number of imidazole rings is 1. The van der Waals surface area contributed by atoms with Gasteiger partial charge >= 0.3 is 0 Å². The number of fused-ring (bicyclic) bond motifs is 1. The van der Waals surface area contributed by atoms with Crippen LogP contribution in [0, 0.1) is 18.6 Å². The minimum atomic E-state index is -0.850. The third-order valence-corrected chi connectivity index (χ3v) is 8.38. The van der Waals surface area contributed by atoms with Gasteiger partial charge in [0.05, 0.1) is 42.3 Å². The minimum absolute atomic E-state index is 0.152. The molecule has 1 atom stereocenters. The molecular formula is C35H31F2N5O2S. The van der Waals surface area contributed by atoms with Crippen molar-refractivity contribution in [2.24, 2.45) is 7.05 Å². The summed E-state index contributed by atoms with van der Waals surface area (Å²) in [6.07, 6.45) is 3.74. The molecular weight excluding hydrogens is 592 g/mol. The Kier molecular flexibility index (Phi) is 9.13. The van der Waals surface area contributed by atoms with E-state index in [-0.39, 0.29) is 25.1 Å².